The Balaban J connectivity index is 1.55. The van der Waals surface area contributed by atoms with Gasteiger partial charge < -0.3 is 9.88 Å². The van der Waals surface area contributed by atoms with Crippen molar-refractivity contribution in [3.63, 3.8) is 0 Å². The fourth-order valence-corrected chi connectivity index (χ4v) is 3.05. The van der Waals surface area contributed by atoms with E-state index in [1.54, 1.807) is 6.20 Å². The number of amides is 1. The fraction of sp³-hybridized carbons (Fsp3) is 0.375. The number of aromatic nitrogens is 2. The highest BCUT2D eigenvalue weighted by Gasteiger charge is 2.24. The van der Waals surface area contributed by atoms with E-state index in [0.29, 0.717) is 17.4 Å². The van der Waals surface area contributed by atoms with Gasteiger partial charge in [-0.25, -0.2) is 4.98 Å². The number of piperidine rings is 1. The zero-order chi connectivity index (χ0) is 14.7. The number of benzene rings is 1. The third-order valence-electron chi connectivity index (χ3n) is 4.00. The summed E-state index contributed by atoms with van der Waals surface area (Å²) in [4.78, 5) is 21.8. The van der Waals surface area contributed by atoms with Crippen LogP contribution in [0.3, 0.4) is 0 Å². The molecule has 2 heterocycles. The molecule has 0 atom stereocenters. The Kier molecular flexibility index (Phi) is 4.25. The van der Waals surface area contributed by atoms with Gasteiger partial charge in [-0.15, -0.1) is 0 Å². The molecule has 1 saturated heterocycles. The molecule has 2 aromatic rings. The van der Waals surface area contributed by atoms with Crippen molar-refractivity contribution in [2.24, 2.45) is 0 Å². The van der Waals surface area contributed by atoms with Crippen molar-refractivity contribution in [2.45, 2.75) is 25.2 Å². The van der Waals surface area contributed by atoms with Crippen molar-refractivity contribution in [2.75, 3.05) is 13.1 Å². The van der Waals surface area contributed by atoms with Gasteiger partial charge >= 0.3 is 0 Å². The van der Waals surface area contributed by atoms with E-state index in [-0.39, 0.29) is 5.91 Å². The molecular weight excluding hydrogens is 286 g/mol. The molecule has 0 spiro atoms. The van der Waals surface area contributed by atoms with Gasteiger partial charge in [0.2, 0.25) is 5.91 Å². The molecule has 110 valence electrons. The molecule has 1 aliphatic rings. The highest BCUT2D eigenvalue weighted by molar-refractivity contribution is 6.30. The molecule has 1 amide bonds. The number of hydrogen-bond acceptors (Lipinski definition) is 2. The van der Waals surface area contributed by atoms with Gasteiger partial charge in [-0.3, -0.25) is 4.79 Å². The van der Waals surface area contributed by atoms with Crippen LogP contribution in [0, 0.1) is 0 Å². The molecule has 1 aromatic heterocycles. The topological polar surface area (TPSA) is 49.0 Å². The van der Waals surface area contributed by atoms with Gasteiger partial charge in [0, 0.05) is 36.4 Å². The number of halogens is 1. The fourth-order valence-electron chi connectivity index (χ4n) is 2.84. The predicted molar refractivity (Wildman–Crippen MR) is 82.3 cm³/mol. The predicted octanol–water partition coefficient (Wildman–Crippen LogP) is 3.01. The van der Waals surface area contributed by atoms with E-state index in [9.17, 15) is 4.79 Å². The second kappa shape index (κ2) is 6.31. The van der Waals surface area contributed by atoms with Crippen molar-refractivity contribution >= 4 is 17.5 Å². The van der Waals surface area contributed by atoms with Crippen LogP contribution in [-0.2, 0) is 11.2 Å². The molecule has 1 N–H and O–H groups in total. The Hall–Kier alpha value is -1.81. The summed E-state index contributed by atoms with van der Waals surface area (Å²) in [6, 6.07) is 7.51. The van der Waals surface area contributed by atoms with Gasteiger partial charge in [0.15, 0.2) is 0 Å². The summed E-state index contributed by atoms with van der Waals surface area (Å²) in [6.45, 7) is 1.59. The van der Waals surface area contributed by atoms with E-state index in [1.807, 2.05) is 35.4 Å². The summed E-state index contributed by atoms with van der Waals surface area (Å²) in [6.07, 6.45) is 5.99. The summed E-state index contributed by atoms with van der Waals surface area (Å²) in [7, 11) is 0. The molecule has 1 aromatic carbocycles. The molecular formula is C16H18ClN3O. The zero-order valence-electron chi connectivity index (χ0n) is 11.8. The van der Waals surface area contributed by atoms with Crippen molar-refractivity contribution in [1.29, 1.82) is 0 Å². The normalized spacial score (nSPS) is 16.1. The van der Waals surface area contributed by atoms with Crippen LogP contribution < -0.4 is 0 Å². The highest BCUT2D eigenvalue weighted by Crippen LogP contribution is 2.25. The van der Waals surface area contributed by atoms with Crippen molar-refractivity contribution in [1.82, 2.24) is 14.9 Å². The van der Waals surface area contributed by atoms with Crippen LogP contribution >= 0.6 is 11.6 Å². The second-order valence-corrected chi connectivity index (χ2v) is 5.87. The first-order valence-corrected chi connectivity index (χ1v) is 7.61. The number of aromatic amines is 1. The SMILES string of the molecule is O=C(Cc1cccc(Cl)c1)N1CCC(c2ncc[nH]2)CC1. The minimum atomic E-state index is 0.176. The largest absolute Gasteiger partial charge is 0.348 e. The monoisotopic (exact) mass is 303 g/mol. The lowest BCUT2D eigenvalue weighted by molar-refractivity contribution is -0.131. The van der Waals surface area contributed by atoms with E-state index in [2.05, 4.69) is 9.97 Å². The summed E-state index contributed by atoms with van der Waals surface area (Å²) in [5, 5.41) is 0.678. The number of hydrogen-bond donors (Lipinski definition) is 1. The lowest BCUT2D eigenvalue weighted by Gasteiger charge is -2.31. The summed E-state index contributed by atoms with van der Waals surface area (Å²) < 4.78 is 0. The lowest BCUT2D eigenvalue weighted by Crippen LogP contribution is -2.38. The number of H-pyrrole nitrogens is 1. The highest BCUT2D eigenvalue weighted by atomic mass is 35.5. The third-order valence-corrected chi connectivity index (χ3v) is 4.23. The van der Waals surface area contributed by atoms with E-state index < -0.39 is 0 Å². The Morgan fingerprint density at radius 1 is 1.38 bits per heavy atom. The van der Waals surface area contributed by atoms with Crippen LogP contribution in [0.1, 0.15) is 30.1 Å². The molecule has 21 heavy (non-hydrogen) atoms. The number of nitrogens with one attached hydrogen (secondary N) is 1. The first-order valence-electron chi connectivity index (χ1n) is 7.24. The Bertz CT molecular complexity index is 604. The maximum Gasteiger partial charge on any atom is 0.226 e. The summed E-state index contributed by atoms with van der Waals surface area (Å²) >= 11 is 5.95. The number of nitrogens with zero attached hydrogens (tertiary/aromatic N) is 2. The molecule has 0 saturated carbocycles. The van der Waals surface area contributed by atoms with Crippen molar-refractivity contribution in [3.8, 4) is 0 Å². The molecule has 1 aliphatic heterocycles. The number of rotatable bonds is 3. The molecule has 0 radical (unpaired) electrons. The first-order chi connectivity index (χ1) is 10.2. The van der Waals surface area contributed by atoms with Crippen LogP contribution in [0.25, 0.3) is 0 Å². The Morgan fingerprint density at radius 3 is 2.86 bits per heavy atom. The average Bonchev–Trinajstić information content (AvgIpc) is 3.01. The first kappa shape index (κ1) is 14.1. The van der Waals surface area contributed by atoms with E-state index in [1.165, 1.54) is 0 Å². The summed E-state index contributed by atoms with van der Waals surface area (Å²) in [5.74, 6) is 1.65. The zero-order valence-corrected chi connectivity index (χ0v) is 12.5. The van der Waals surface area contributed by atoms with Crippen LogP contribution in [0.15, 0.2) is 36.7 Å². The van der Waals surface area contributed by atoms with Gasteiger partial charge in [-0.1, -0.05) is 23.7 Å². The molecule has 0 unspecified atom stereocenters. The molecule has 0 aliphatic carbocycles. The van der Waals surface area contributed by atoms with E-state index >= 15 is 0 Å². The van der Waals surface area contributed by atoms with E-state index in [0.717, 1.165) is 37.3 Å². The molecule has 3 rings (SSSR count). The van der Waals surface area contributed by atoms with Crippen molar-refractivity contribution < 1.29 is 4.79 Å². The molecule has 5 heteroatoms. The lowest BCUT2D eigenvalue weighted by atomic mass is 9.95. The standard InChI is InChI=1S/C16H18ClN3O/c17-14-3-1-2-12(10-14)11-15(21)20-8-4-13(5-9-20)16-18-6-7-19-16/h1-3,6-7,10,13H,4-5,8-9,11H2,(H,18,19). The van der Waals surface area contributed by atoms with Gasteiger partial charge in [-0.2, -0.15) is 0 Å². The van der Waals surface area contributed by atoms with Gasteiger partial charge in [0.05, 0.1) is 6.42 Å². The van der Waals surface area contributed by atoms with Gasteiger partial charge in [-0.05, 0) is 30.5 Å². The quantitative estimate of drug-likeness (QED) is 0.947. The Morgan fingerprint density at radius 2 is 2.19 bits per heavy atom. The Labute approximate surface area is 129 Å². The second-order valence-electron chi connectivity index (χ2n) is 5.44. The van der Waals surface area contributed by atoms with Crippen LogP contribution in [-0.4, -0.2) is 33.9 Å². The molecule has 1 fully saturated rings. The summed E-state index contributed by atoms with van der Waals surface area (Å²) in [5.41, 5.74) is 0.973. The minimum absolute atomic E-state index is 0.176. The third kappa shape index (κ3) is 3.45. The van der Waals surface area contributed by atoms with Crippen LogP contribution in [0.2, 0.25) is 5.02 Å². The molecule has 0 bridgehead atoms. The number of likely N-dealkylation sites (tertiary alicyclic amines) is 1. The number of carbonyl (C=O) groups excluding carboxylic acids is 1. The maximum atomic E-state index is 12.3. The minimum Gasteiger partial charge on any atom is -0.348 e. The van der Waals surface area contributed by atoms with Crippen LogP contribution in [0.5, 0.6) is 0 Å². The van der Waals surface area contributed by atoms with Gasteiger partial charge in [0.1, 0.15) is 5.82 Å². The number of imidazole rings is 1. The van der Waals surface area contributed by atoms with Crippen LogP contribution in [0.4, 0.5) is 0 Å². The maximum absolute atomic E-state index is 12.3. The van der Waals surface area contributed by atoms with E-state index in [4.69, 9.17) is 11.6 Å². The van der Waals surface area contributed by atoms with Gasteiger partial charge in [0.25, 0.3) is 0 Å². The average molecular weight is 304 g/mol. The molecule has 4 nitrogen and oxygen atoms in total. The van der Waals surface area contributed by atoms with Crippen molar-refractivity contribution in [3.05, 3.63) is 53.1 Å². The number of carbonyl (C=O) groups is 1. The smallest absolute Gasteiger partial charge is 0.226 e.